The van der Waals surface area contributed by atoms with Crippen LogP contribution in [0, 0.1) is 6.92 Å². The lowest BCUT2D eigenvalue weighted by molar-refractivity contribution is 0.409. The fraction of sp³-hybridized carbons (Fsp3) is 0.167. The molecule has 3 heteroatoms. The van der Waals surface area contributed by atoms with Crippen LogP contribution >= 0.6 is 0 Å². The summed E-state index contributed by atoms with van der Waals surface area (Å²) in [4.78, 5) is 0. The van der Waals surface area contributed by atoms with Gasteiger partial charge >= 0.3 is 0 Å². The second-order valence-electron chi connectivity index (χ2n) is 3.53. The molecular formula is C12H12O3. The standard InChI is InChI=1S/C12H12O3/c1-7-3-8-5-9(13)6-11(15-2)12(8)10(14)4-7/h3-6,13-14H,1-2H3. The molecule has 15 heavy (non-hydrogen) atoms. The van der Waals surface area contributed by atoms with E-state index in [1.54, 1.807) is 12.1 Å². The molecule has 0 saturated carbocycles. The Bertz CT molecular complexity index is 512. The van der Waals surface area contributed by atoms with E-state index >= 15 is 0 Å². The van der Waals surface area contributed by atoms with Crippen molar-refractivity contribution in [1.82, 2.24) is 0 Å². The highest BCUT2D eigenvalue weighted by molar-refractivity contribution is 5.95. The van der Waals surface area contributed by atoms with Crippen molar-refractivity contribution in [2.75, 3.05) is 7.11 Å². The van der Waals surface area contributed by atoms with Gasteiger partial charge in [0.05, 0.1) is 12.5 Å². The second-order valence-corrected chi connectivity index (χ2v) is 3.53. The van der Waals surface area contributed by atoms with Crippen molar-refractivity contribution in [2.24, 2.45) is 0 Å². The fourth-order valence-corrected chi connectivity index (χ4v) is 1.75. The summed E-state index contributed by atoms with van der Waals surface area (Å²) < 4.78 is 5.11. The Morgan fingerprint density at radius 1 is 1.07 bits per heavy atom. The average Bonchev–Trinajstić information content (AvgIpc) is 2.14. The third-order valence-electron chi connectivity index (χ3n) is 2.34. The van der Waals surface area contributed by atoms with Gasteiger partial charge in [-0.3, -0.25) is 0 Å². The van der Waals surface area contributed by atoms with E-state index in [0.29, 0.717) is 11.1 Å². The predicted molar refractivity (Wildman–Crippen MR) is 58.6 cm³/mol. The van der Waals surface area contributed by atoms with Gasteiger partial charge in [-0.25, -0.2) is 0 Å². The molecule has 0 atom stereocenters. The van der Waals surface area contributed by atoms with E-state index in [4.69, 9.17) is 4.74 Å². The van der Waals surface area contributed by atoms with Gasteiger partial charge in [-0.05, 0) is 30.0 Å². The number of hydrogen-bond donors (Lipinski definition) is 2. The molecule has 0 aliphatic rings. The molecule has 0 unspecified atom stereocenters. The first-order valence-corrected chi connectivity index (χ1v) is 4.62. The minimum absolute atomic E-state index is 0.129. The van der Waals surface area contributed by atoms with E-state index in [0.717, 1.165) is 10.9 Å². The summed E-state index contributed by atoms with van der Waals surface area (Å²) in [5.74, 6) is 0.772. The van der Waals surface area contributed by atoms with Gasteiger partial charge in [0.15, 0.2) is 0 Å². The van der Waals surface area contributed by atoms with Crippen LogP contribution in [0.25, 0.3) is 10.8 Å². The minimum Gasteiger partial charge on any atom is -0.508 e. The predicted octanol–water partition coefficient (Wildman–Crippen LogP) is 2.57. The Balaban J connectivity index is 2.90. The van der Waals surface area contributed by atoms with Crippen molar-refractivity contribution in [3.05, 3.63) is 29.8 Å². The van der Waals surface area contributed by atoms with E-state index in [1.807, 2.05) is 13.0 Å². The summed E-state index contributed by atoms with van der Waals surface area (Å²) in [6, 6.07) is 6.64. The quantitative estimate of drug-likeness (QED) is 0.750. The average molecular weight is 204 g/mol. The minimum atomic E-state index is 0.129. The third kappa shape index (κ3) is 1.56. The SMILES string of the molecule is COc1cc(O)cc2cc(C)cc(O)c12. The Hall–Kier alpha value is -1.90. The van der Waals surface area contributed by atoms with E-state index in [-0.39, 0.29) is 11.5 Å². The highest BCUT2D eigenvalue weighted by Gasteiger charge is 2.09. The topological polar surface area (TPSA) is 49.7 Å². The molecule has 2 rings (SSSR count). The molecular weight excluding hydrogens is 192 g/mol. The van der Waals surface area contributed by atoms with Crippen molar-refractivity contribution in [2.45, 2.75) is 6.92 Å². The van der Waals surface area contributed by atoms with Gasteiger partial charge in [-0.15, -0.1) is 0 Å². The van der Waals surface area contributed by atoms with Crippen LogP contribution in [0.1, 0.15) is 5.56 Å². The number of aryl methyl sites for hydroxylation is 1. The van der Waals surface area contributed by atoms with Crippen LogP contribution in [0.3, 0.4) is 0 Å². The van der Waals surface area contributed by atoms with Gasteiger partial charge in [0, 0.05) is 6.07 Å². The van der Waals surface area contributed by atoms with Crippen LogP contribution in [0.5, 0.6) is 17.2 Å². The van der Waals surface area contributed by atoms with Gasteiger partial charge < -0.3 is 14.9 Å². The summed E-state index contributed by atoms with van der Waals surface area (Å²) in [7, 11) is 1.51. The molecule has 0 radical (unpaired) electrons. The van der Waals surface area contributed by atoms with Crippen LogP contribution in [-0.4, -0.2) is 17.3 Å². The molecule has 0 aliphatic carbocycles. The number of phenols is 2. The number of ether oxygens (including phenoxy) is 1. The molecule has 78 valence electrons. The van der Waals surface area contributed by atoms with Crippen molar-refractivity contribution < 1.29 is 14.9 Å². The first kappa shape index (κ1) is 9.65. The lowest BCUT2D eigenvalue weighted by atomic mass is 10.1. The summed E-state index contributed by atoms with van der Waals surface area (Å²) in [5, 5.41) is 20.6. The Kier molecular flexibility index (Phi) is 2.15. The largest absolute Gasteiger partial charge is 0.508 e. The van der Waals surface area contributed by atoms with Gasteiger partial charge in [0.2, 0.25) is 0 Å². The second kappa shape index (κ2) is 3.35. The lowest BCUT2D eigenvalue weighted by Crippen LogP contribution is -1.86. The number of phenolic OH excluding ortho intramolecular Hbond substituents is 2. The molecule has 0 saturated heterocycles. The molecule has 0 amide bonds. The molecule has 3 nitrogen and oxygen atoms in total. The molecule has 2 N–H and O–H groups in total. The normalized spacial score (nSPS) is 10.5. The zero-order valence-corrected chi connectivity index (χ0v) is 8.61. The first-order valence-electron chi connectivity index (χ1n) is 4.62. The van der Waals surface area contributed by atoms with Crippen molar-refractivity contribution >= 4 is 10.8 Å². The summed E-state index contributed by atoms with van der Waals surface area (Å²) in [6.45, 7) is 1.88. The van der Waals surface area contributed by atoms with E-state index in [9.17, 15) is 10.2 Å². The summed E-state index contributed by atoms with van der Waals surface area (Å²) >= 11 is 0. The van der Waals surface area contributed by atoms with Crippen LogP contribution in [0.2, 0.25) is 0 Å². The van der Waals surface area contributed by atoms with E-state index < -0.39 is 0 Å². The smallest absolute Gasteiger partial charge is 0.134 e. The highest BCUT2D eigenvalue weighted by atomic mass is 16.5. The molecule has 2 aromatic carbocycles. The summed E-state index contributed by atoms with van der Waals surface area (Å²) in [6.07, 6.45) is 0. The molecule has 0 bridgehead atoms. The van der Waals surface area contributed by atoms with E-state index in [2.05, 4.69) is 0 Å². The van der Waals surface area contributed by atoms with Crippen molar-refractivity contribution in [3.63, 3.8) is 0 Å². The Morgan fingerprint density at radius 3 is 2.47 bits per heavy atom. The number of hydrogen-bond acceptors (Lipinski definition) is 3. The van der Waals surface area contributed by atoms with Crippen molar-refractivity contribution in [1.29, 1.82) is 0 Å². The molecule has 0 heterocycles. The lowest BCUT2D eigenvalue weighted by Gasteiger charge is -2.09. The molecule has 0 spiro atoms. The van der Waals surface area contributed by atoms with E-state index in [1.165, 1.54) is 13.2 Å². The van der Waals surface area contributed by atoms with Crippen LogP contribution in [-0.2, 0) is 0 Å². The number of benzene rings is 2. The number of methoxy groups -OCH3 is 1. The maximum Gasteiger partial charge on any atom is 0.134 e. The fourth-order valence-electron chi connectivity index (χ4n) is 1.75. The molecule has 0 aromatic heterocycles. The van der Waals surface area contributed by atoms with Gasteiger partial charge in [-0.2, -0.15) is 0 Å². The monoisotopic (exact) mass is 204 g/mol. The van der Waals surface area contributed by atoms with Crippen LogP contribution < -0.4 is 4.74 Å². The molecule has 2 aromatic rings. The first-order chi connectivity index (χ1) is 7.11. The third-order valence-corrected chi connectivity index (χ3v) is 2.34. The maximum atomic E-state index is 9.79. The zero-order valence-electron chi connectivity index (χ0n) is 8.61. The number of fused-ring (bicyclic) bond motifs is 1. The maximum absolute atomic E-state index is 9.79. The Labute approximate surface area is 87.5 Å². The van der Waals surface area contributed by atoms with Crippen LogP contribution in [0.15, 0.2) is 24.3 Å². The number of rotatable bonds is 1. The van der Waals surface area contributed by atoms with Crippen molar-refractivity contribution in [3.8, 4) is 17.2 Å². The molecule has 0 fully saturated rings. The number of aromatic hydroxyl groups is 2. The van der Waals surface area contributed by atoms with Gasteiger partial charge in [-0.1, -0.05) is 6.07 Å². The Morgan fingerprint density at radius 2 is 1.80 bits per heavy atom. The molecule has 0 aliphatic heterocycles. The van der Waals surface area contributed by atoms with Crippen LogP contribution in [0.4, 0.5) is 0 Å². The zero-order chi connectivity index (χ0) is 11.0. The van der Waals surface area contributed by atoms with Gasteiger partial charge in [0.1, 0.15) is 17.2 Å². The highest BCUT2D eigenvalue weighted by Crippen LogP contribution is 2.37. The summed E-state index contributed by atoms with van der Waals surface area (Å²) in [5.41, 5.74) is 0.938. The van der Waals surface area contributed by atoms with Gasteiger partial charge in [0.25, 0.3) is 0 Å².